The van der Waals surface area contributed by atoms with Crippen LogP contribution in [0.2, 0.25) is 5.02 Å². The molecule has 1 aromatic carbocycles. The summed E-state index contributed by atoms with van der Waals surface area (Å²) in [5, 5.41) is 4.53. The highest BCUT2D eigenvalue weighted by Crippen LogP contribution is 2.34. The average molecular weight is 523 g/mol. The fraction of sp³-hybridized carbons (Fsp3) is 0.316. The largest absolute Gasteiger partial charge is 0.495 e. The Bertz CT molecular complexity index is 1140. The van der Waals surface area contributed by atoms with Gasteiger partial charge in [0, 0.05) is 54.6 Å². The van der Waals surface area contributed by atoms with Crippen LogP contribution in [-0.4, -0.2) is 58.4 Å². The molecule has 9 nitrogen and oxygen atoms in total. The summed E-state index contributed by atoms with van der Waals surface area (Å²) < 4.78 is 42.3. The van der Waals surface area contributed by atoms with E-state index in [2.05, 4.69) is 15.2 Å². The molecule has 2 aromatic heterocycles. The van der Waals surface area contributed by atoms with Crippen molar-refractivity contribution in [2.75, 3.05) is 51.0 Å². The highest BCUT2D eigenvalue weighted by molar-refractivity contribution is 7.88. The van der Waals surface area contributed by atoms with Crippen LogP contribution in [0.4, 0.5) is 11.5 Å². The van der Waals surface area contributed by atoms with E-state index in [0.29, 0.717) is 22.2 Å². The van der Waals surface area contributed by atoms with Crippen molar-refractivity contribution >= 4 is 67.1 Å². The Balaban J connectivity index is 0.000000244. The quantitative estimate of drug-likeness (QED) is 0.349. The molecule has 3 aromatic rings. The molecule has 1 aliphatic heterocycles. The van der Waals surface area contributed by atoms with Crippen molar-refractivity contribution in [3.63, 3.8) is 0 Å². The summed E-state index contributed by atoms with van der Waals surface area (Å²) in [6.45, 7) is 3.44. The fourth-order valence-corrected chi connectivity index (χ4v) is 5.04. The minimum atomic E-state index is -4.15. The zero-order valence-electron chi connectivity index (χ0n) is 17.4. The summed E-state index contributed by atoms with van der Waals surface area (Å²) in [6.07, 6.45) is 1.67. The number of rotatable bonds is 4. The van der Waals surface area contributed by atoms with E-state index in [1.54, 1.807) is 24.4 Å². The van der Waals surface area contributed by atoms with Crippen molar-refractivity contribution in [2.24, 2.45) is 0 Å². The number of thiophene rings is 1. The van der Waals surface area contributed by atoms with Gasteiger partial charge in [-0.1, -0.05) is 11.6 Å². The number of ether oxygens (including phenoxy) is 2. The third-order valence-corrected chi connectivity index (χ3v) is 7.28. The van der Waals surface area contributed by atoms with Crippen LogP contribution in [0.25, 0.3) is 10.1 Å². The number of hydrogen-bond acceptors (Lipinski definition) is 9. The zero-order chi connectivity index (χ0) is 22.6. The van der Waals surface area contributed by atoms with Gasteiger partial charge in [0.15, 0.2) is 0 Å². The lowest BCUT2D eigenvalue weighted by Crippen LogP contribution is -2.43. The molecule has 32 heavy (non-hydrogen) atoms. The van der Waals surface area contributed by atoms with Crippen molar-refractivity contribution in [2.45, 2.75) is 4.21 Å². The Morgan fingerprint density at radius 2 is 1.84 bits per heavy atom. The van der Waals surface area contributed by atoms with Crippen molar-refractivity contribution in [1.29, 1.82) is 0 Å². The predicted octanol–water partition coefficient (Wildman–Crippen LogP) is 3.31. The van der Waals surface area contributed by atoms with Gasteiger partial charge in [-0.05, 0) is 12.1 Å². The fourth-order valence-electron chi connectivity index (χ4n) is 3.07. The van der Waals surface area contributed by atoms with Gasteiger partial charge in [-0.2, -0.15) is 8.42 Å². The number of methoxy groups -OCH3 is 2. The molecule has 0 unspecified atom stereocenters. The van der Waals surface area contributed by atoms with Gasteiger partial charge in [-0.25, -0.2) is 4.98 Å². The van der Waals surface area contributed by atoms with Gasteiger partial charge in [0.05, 0.1) is 24.9 Å². The first kappa shape index (κ1) is 26.2. The number of hydrogen-bond donors (Lipinski definition) is 3. The molecule has 13 heteroatoms. The Morgan fingerprint density at radius 3 is 2.44 bits per heavy atom. The molecule has 0 bridgehead atoms. The minimum absolute atomic E-state index is 0. The van der Waals surface area contributed by atoms with Gasteiger partial charge in [0.2, 0.25) is 0 Å². The van der Waals surface area contributed by atoms with E-state index in [4.69, 9.17) is 31.4 Å². The van der Waals surface area contributed by atoms with Crippen LogP contribution in [-0.2, 0) is 10.1 Å². The normalized spacial score (nSPS) is 13.7. The summed E-state index contributed by atoms with van der Waals surface area (Å²) in [6, 6.07) is 6.51. The lowest BCUT2D eigenvalue weighted by atomic mass is 10.2. The predicted molar refractivity (Wildman–Crippen MR) is 131 cm³/mol. The second-order valence-electron chi connectivity index (χ2n) is 6.55. The molecule has 1 aliphatic rings. The first-order valence-corrected chi connectivity index (χ1v) is 11.9. The van der Waals surface area contributed by atoms with Crippen molar-refractivity contribution in [3.8, 4) is 11.5 Å². The number of piperazine rings is 1. The Labute approximate surface area is 201 Å². The molecule has 1 saturated heterocycles. The SMILES string of the molecule is COc1cc(Cl)c(OC)cc1N.Cl.O=S(=O)(O)c1cc2c(N3CCNCC3)nccc2s1. The molecule has 176 valence electrons. The molecule has 3 heterocycles. The first-order valence-electron chi connectivity index (χ1n) is 9.23. The van der Waals surface area contributed by atoms with Crippen molar-refractivity contribution in [3.05, 3.63) is 35.5 Å². The number of anilines is 2. The number of halogens is 2. The standard InChI is InChI=1S/C11H13N3O3S2.C8H10ClNO2.ClH/c15-19(16,17)10-7-8-9(18-10)1-2-13-11(8)14-5-3-12-4-6-14;1-11-7-4-6(10)8(12-2)3-5(7)9;/h1-2,7,12H,3-6H2,(H,15,16,17);3-4H,10H2,1-2H3;1H. The van der Waals surface area contributed by atoms with E-state index in [1.807, 2.05) is 0 Å². The minimum Gasteiger partial charge on any atom is -0.495 e. The van der Waals surface area contributed by atoms with E-state index in [1.165, 1.54) is 20.3 Å². The average Bonchev–Trinajstić information content (AvgIpc) is 3.21. The maximum absolute atomic E-state index is 11.2. The van der Waals surface area contributed by atoms with Crippen LogP contribution < -0.4 is 25.4 Å². The number of pyridine rings is 1. The van der Waals surface area contributed by atoms with Crippen LogP contribution in [0.3, 0.4) is 0 Å². The second-order valence-corrected chi connectivity index (χ2v) is 9.69. The lowest BCUT2D eigenvalue weighted by Gasteiger charge is -2.28. The van der Waals surface area contributed by atoms with Crippen molar-refractivity contribution in [1.82, 2.24) is 10.3 Å². The Kier molecular flexibility index (Phi) is 9.19. The summed E-state index contributed by atoms with van der Waals surface area (Å²) >= 11 is 6.88. The molecule has 1 fully saturated rings. The van der Waals surface area contributed by atoms with Gasteiger partial charge in [0.1, 0.15) is 21.5 Å². The molecule has 0 atom stereocenters. The van der Waals surface area contributed by atoms with Gasteiger partial charge in [-0.15, -0.1) is 23.7 Å². The number of nitrogens with one attached hydrogen (secondary N) is 1. The molecular weight excluding hydrogens is 499 g/mol. The molecule has 0 radical (unpaired) electrons. The lowest BCUT2D eigenvalue weighted by molar-refractivity contribution is 0.405. The van der Waals surface area contributed by atoms with Gasteiger partial charge in [0.25, 0.3) is 0 Å². The molecule has 4 N–H and O–H groups in total. The molecule has 0 saturated carbocycles. The summed E-state index contributed by atoms with van der Waals surface area (Å²) in [4.78, 5) is 6.48. The van der Waals surface area contributed by atoms with Gasteiger partial charge < -0.3 is 25.4 Å². The smallest absolute Gasteiger partial charge is 0.304 e. The third kappa shape index (κ3) is 6.06. The molecule has 0 spiro atoms. The summed E-state index contributed by atoms with van der Waals surface area (Å²) in [5.74, 6) is 1.89. The topological polar surface area (TPSA) is 127 Å². The number of nitrogens with zero attached hydrogens (tertiary/aromatic N) is 2. The Hall–Kier alpha value is -2.02. The summed E-state index contributed by atoms with van der Waals surface area (Å²) in [7, 11) is -1.08. The van der Waals surface area contributed by atoms with E-state index >= 15 is 0 Å². The van der Waals surface area contributed by atoms with E-state index < -0.39 is 10.1 Å². The highest BCUT2D eigenvalue weighted by atomic mass is 35.5. The summed E-state index contributed by atoms with van der Waals surface area (Å²) in [5.41, 5.74) is 6.13. The molecular formula is C19H24Cl2N4O5S2. The Morgan fingerprint density at radius 1 is 1.19 bits per heavy atom. The molecule has 0 aliphatic carbocycles. The molecule has 4 rings (SSSR count). The van der Waals surface area contributed by atoms with Crippen LogP contribution in [0.15, 0.2) is 34.7 Å². The van der Waals surface area contributed by atoms with Gasteiger partial charge in [-0.3, -0.25) is 4.55 Å². The van der Waals surface area contributed by atoms with Crippen LogP contribution in [0.1, 0.15) is 0 Å². The second kappa shape index (κ2) is 11.2. The van der Waals surface area contributed by atoms with Crippen LogP contribution in [0.5, 0.6) is 11.5 Å². The highest BCUT2D eigenvalue weighted by Gasteiger charge is 2.19. The number of nitrogen functional groups attached to an aromatic ring is 1. The van der Waals surface area contributed by atoms with E-state index in [-0.39, 0.29) is 16.6 Å². The number of aromatic nitrogens is 1. The third-order valence-electron chi connectivity index (χ3n) is 4.58. The number of benzene rings is 1. The number of fused-ring (bicyclic) bond motifs is 1. The van der Waals surface area contributed by atoms with E-state index in [0.717, 1.165) is 53.4 Å². The van der Waals surface area contributed by atoms with Crippen molar-refractivity contribution < 1.29 is 22.4 Å². The zero-order valence-corrected chi connectivity index (χ0v) is 20.6. The maximum atomic E-state index is 11.2. The maximum Gasteiger partial charge on any atom is 0.304 e. The monoisotopic (exact) mass is 522 g/mol. The van der Waals surface area contributed by atoms with Gasteiger partial charge >= 0.3 is 10.1 Å². The number of nitrogens with two attached hydrogens (primary N) is 1. The first-order chi connectivity index (χ1) is 14.7. The van der Waals surface area contributed by atoms with Crippen LogP contribution in [0, 0.1) is 0 Å². The van der Waals surface area contributed by atoms with E-state index in [9.17, 15) is 8.42 Å². The molecule has 0 amide bonds. The van der Waals surface area contributed by atoms with Crippen LogP contribution >= 0.6 is 35.3 Å².